The molecule has 6 heteroatoms. The molecule has 2 aromatic heterocycles. The number of pyridine rings is 1. The van der Waals surface area contributed by atoms with Gasteiger partial charge in [-0.3, -0.25) is 9.89 Å². The number of carboxylic acid groups (broad SMARTS) is 1. The van der Waals surface area contributed by atoms with E-state index in [1.165, 1.54) is 35.3 Å². The van der Waals surface area contributed by atoms with Crippen LogP contribution >= 0.6 is 0 Å². The quantitative estimate of drug-likeness (QED) is 0.736. The van der Waals surface area contributed by atoms with E-state index >= 15 is 0 Å². The molecule has 0 saturated heterocycles. The molecule has 0 aromatic carbocycles. The first kappa shape index (κ1) is 9.20. The smallest absolute Gasteiger partial charge is 0.337 e. The fourth-order valence-corrected chi connectivity index (χ4v) is 1.15. The van der Waals surface area contributed by atoms with Crippen LogP contribution in [0.4, 0.5) is 0 Å². The van der Waals surface area contributed by atoms with Crippen molar-refractivity contribution in [1.82, 2.24) is 14.8 Å². The number of nitrogens with zero attached hydrogens (tertiary/aromatic N) is 2. The molecule has 0 aliphatic heterocycles. The van der Waals surface area contributed by atoms with E-state index in [9.17, 15) is 9.59 Å². The van der Waals surface area contributed by atoms with E-state index in [1.54, 1.807) is 0 Å². The average molecular weight is 205 g/mol. The van der Waals surface area contributed by atoms with Crippen molar-refractivity contribution in [3.8, 4) is 5.82 Å². The monoisotopic (exact) mass is 205 g/mol. The van der Waals surface area contributed by atoms with Crippen molar-refractivity contribution in [3.63, 3.8) is 0 Å². The Balaban J connectivity index is 2.44. The third-order valence-corrected chi connectivity index (χ3v) is 1.87. The molecule has 2 N–H and O–H groups in total. The normalized spacial score (nSPS) is 10.1. The SMILES string of the molecule is O=C(O)c1ccc(-n2[nH]ccc2=O)nc1. The number of hydrogen-bond acceptors (Lipinski definition) is 3. The van der Waals surface area contributed by atoms with Crippen molar-refractivity contribution in [2.24, 2.45) is 0 Å². The maximum Gasteiger partial charge on any atom is 0.337 e. The first-order valence-corrected chi connectivity index (χ1v) is 4.14. The van der Waals surface area contributed by atoms with Crippen molar-refractivity contribution in [1.29, 1.82) is 0 Å². The van der Waals surface area contributed by atoms with Crippen LogP contribution in [-0.2, 0) is 0 Å². The number of carboxylic acids is 1. The van der Waals surface area contributed by atoms with Gasteiger partial charge < -0.3 is 5.11 Å². The Hall–Kier alpha value is -2.37. The molecule has 76 valence electrons. The molecule has 0 saturated carbocycles. The Morgan fingerprint density at radius 3 is 2.67 bits per heavy atom. The van der Waals surface area contributed by atoms with Crippen LogP contribution in [0.15, 0.2) is 35.4 Å². The van der Waals surface area contributed by atoms with E-state index in [1.807, 2.05) is 0 Å². The van der Waals surface area contributed by atoms with Gasteiger partial charge in [-0.05, 0) is 12.1 Å². The maximum atomic E-state index is 11.2. The van der Waals surface area contributed by atoms with Crippen LogP contribution in [0.2, 0.25) is 0 Å². The van der Waals surface area contributed by atoms with Crippen LogP contribution in [0.5, 0.6) is 0 Å². The van der Waals surface area contributed by atoms with Gasteiger partial charge in [0.25, 0.3) is 5.56 Å². The second-order valence-corrected chi connectivity index (χ2v) is 2.85. The van der Waals surface area contributed by atoms with Gasteiger partial charge in [0.15, 0.2) is 5.82 Å². The molecular formula is C9H7N3O3. The lowest BCUT2D eigenvalue weighted by atomic mass is 10.3. The minimum atomic E-state index is -1.05. The molecule has 0 atom stereocenters. The highest BCUT2D eigenvalue weighted by Crippen LogP contribution is 2.02. The number of nitrogens with one attached hydrogen (secondary N) is 1. The van der Waals surface area contributed by atoms with Crippen molar-refractivity contribution in [2.45, 2.75) is 0 Å². The van der Waals surface area contributed by atoms with Crippen molar-refractivity contribution >= 4 is 5.97 Å². The maximum absolute atomic E-state index is 11.2. The molecular weight excluding hydrogens is 198 g/mol. The van der Waals surface area contributed by atoms with Crippen LogP contribution in [0.1, 0.15) is 10.4 Å². The van der Waals surface area contributed by atoms with Crippen LogP contribution < -0.4 is 5.56 Å². The van der Waals surface area contributed by atoms with Crippen LogP contribution in [0.3, 0.4) is 0 Å². The number of rotatable bonds is 2. The molecule has 0 bridgehead atoms. The third kappa shape index (κ3) is 1.64. The highest BCUT2D eigenvalue weighted by atomic mass is 16.4. The third-order valence-electron chi connectivity index (χ3n) is 1.87. The molecule has 0 radical (unpaired) electrons. The first-order chi connectivity index (χ1) is 7.18. The Morgan fingerprint density at radius 1 is 1.40 bits per heavy atom. The summed E-state index contributed by atoms with van der Waals surface area (Å²) < 4.78 is 1.21. The topological polar surface area (TPSA) is 88.0 Å². The number of aromatic amines is 1. The van der Waals surface area contributed by atoms with Gasteiger partial charge in [-0.2, -0.15) is 0 Å². The Bertz CT molecular complexity index is 538. The van der Waals surface area contributed by atoms with Crippen LogP contribution in [-0.4, -0.2) is 25.8 Å². The van der Waals surface area contributed by atoms with Gasteiger partial charge in [0.2, 0.25) is 0 Å². The minimum Gasteiger partial charge on any atom is -0.478 e. The molecule has 2 heterocycles. The lowest BCUT2D eigenvalue weighted by Gasteiger charge is -2.00. The molecule has 0 fully saturated rings. The van der Waals surface area contributed by atoms with Crippen LogP contribution in [0, 0.1) is 0 Å². The fraction of sp³-hybridized carbons (Fsp3) is 0. The lowest BCUT2D eigenvalue weighted by Crippen LogP contribution is -2.15. The second kappa shape index (κ2) is 3.41. The predicted octanol–water partition coefficient (Wildman–Crippen LogP) is 0.259. The van der Waals surface area contributed by atoms with Gasteiger partial charge in [-0.1, -0.05) is 0 Å². The standard InChI is InChI=1S/C9H7N3O3/c13-8-3-4-11-12(8)7-2-1-6(5-10-7)9(14)15/h1-5,11H,(H,14,15). The summed E-state index contributed by atoms with van der Waals surface area (Å²) in [5.74, 6) is -0.692. The van der Waals surface area contributed by atoms with Crippen molar-refractivity contribution < 1.29 is 9.90 Å². The zero-order valence-corrected chi connectivity index (χ0v) is 7.54. The Morgan fingerprint density at radius 2 is 2.20 bits per heavy atom. The summed E-state index contributed by atoms with van der Waals surface area (Å²) in [6, 6.07) is 4.20. The average Bonchev–Trinajstić information content (AvgIpc) is 2.65. The minimum absolute atomic E-state index is 0.0818. The molecule has 0 aliphatic carbocycles. The number of hydrogen-bond donors (Lipinski definition) is 2. The van der Waals surface area contributed by atoms with E-state index in [0.717, 1.165) is 0 Å². The van der Waals surface area contributed by atoms with Gasteiger partial charge in [0.1, 0.15) is 0 Å². The van der Waals surface area contributed by atoms with Gasteiger partial charge >= 0.3 is 5.97 Å². The number of aromatic carboxylic acids is 1. The van der Waals surface area contributed by atoms with Gasteiger partial charge in [-0.15, -0.1) is 0 Å². The number of aromatic nitrogens is 3. The largest absolute Gasteiger partial charge is 0.478 e. The molecule has 0 aliphatic rings. The lowest BCUT2D eigenvalue weighted by molar-refractivity contribution is 0.0696. The summed E-state index contributed by atoms with van der Waals surface area (Å²) in [6.45, 7) is 0. The van der Waals surface area contributed by atoms with E-state index < -0.39 is 5.97 Å². The molecule has 0 spiro atoms. The summed E-state index contributed by atoms with van der Waals surface area (Å²) in [5.41, 5.74) is -0.163. The Kier molecular flexibility index (Phi) is 2.09. The summed E-state index contributed by atoms with van der Waals surface area (Å²) in [6.07, 6.45) is 2.68. The summed E-state index contributed by atoms with van der Waals surface area (Å²) in [7, 11) is 0. The molecule has 0 amide bonds. The molecule has 2 aromatic rings. The number of H-pyrrole nitrogens is 1. The predicted molar refractivity (Wildman–Crippen MR) is 51.1 cm³/mol. The van der Waals surface area contributed by atoms with E-state index in [0.29, 0.717) is 5.82 Å². The van der Waals surface area contributed by atoms with Crippen LogP contribution in [0.25, 0.3) is 5.82 Å². The fourth-order valence-electron chi connectivity index (χ4n) is 1.15. The highest BCUT2D eigenvalue weighted by Gasteiger charge is 2.05. The van der Waals surface area contributed by atoms with Gasteiger partial charge in [0, 0.05) is 18.5 Å². The second-order valence-electron chi connectivity index (χ2n) is 2.85. The van der Waals surface area contributed by atoms with Gasteiger partial charge in [0.05, 0.1) is 5.56 Å². The molecule has 2 rings (SSSR count). The highest BCUT2D eigenvalue weighted by molar-refractivity contribution is 5.87. The van der Waals surface area contributed by atoms with E-state index in [4.69, 9.17) is 5.11 Å². The summed E-state index contributed by atoms with van der Waals surface area (Å²) >= 11 is 0. The summed E-state index contributed by atoms with van der Waals surface area (Å²) in [4.78, 5) is 25.6. The van der Waals surface area contributed by atoms with Crippen molar-refractivity contribution in [2.75, 3.05) is 0 Å². The zero-order valence-electron chi connectivity index (χ0n) is 7.54. The Labute approximate surface area is 83.8 Å². The zero-order chi connectivity index (χ0) is 10.8. The number of carbonyl (C=O) groups is 1. The van der Waals surface area contributed by atoms with Gasteiger partial charge in [-0.25, -0.2) is 14.5 Å². The first-order valence-electron chi connectivity index (χ1n) is 4.14. The van der Waals surface area contributed by atoms with E-state index in [-0.39, 0.29) is 11.1 Å². The summed E-state index contributed by atoms with van der Waals surface area (Å²) in [5, 5.41) is 11.3. The van der Waals surface area contributed by atoms with Crippen molar-refractivity contribution in [3.05, 3.63) is 46.5 Å². The molecule has 15 heavy (non-hydrogen) atoms. The molecule has 0 unspecified atom stereocenters. The molecule has 6 nitrogen and oxygen atoms in total. The van der Waals surface area contributed by atoms with E-state index in [2.05, 4.69) is 10.1 Å².